The largest absolute Gasteiger partial charge is 0.459 e. The molecule has 0 unspecified atom stereocenters. The molecule has 0 atom stereocenters. The van der Waals surface area contributed by atoms with Gasteiger partial charge in [-0.3, -0.25) is 4.79 Å². The number of benzene rings is 1. The van der Waals surface area contributed by atoms with E-state index in [2.05, 4.69) is 5.32 Å². The van der Waals surface area contributed by atoms with Crippen LogP contribution in [0.15, 0.2) is 41.0 Å². The van der Waals surface area contributed by atoms with E-state index in [4.69, 9.17) is 4.42 Å². The lowest BCUT2D eigenvalue weighted by atomic mass is 10.2. The van der Waals surface area contributed by atoms with Crippen molar-refractivity contribution in [1.29, 1.82) is 0 Å². The zero-order valence-electron chi connectivity index (χ0n) is 9.91. The lowest BCUT2D eigenvalue weighted by molar-refractivity contribution is -0.137. The van der Waals surface area contributed by atoms with Crippen LogP contribution in [0.5, 0.6) is 0 Å². The van der Waals surface area contributed by atoms with Crippen LogP contribution in [0.2, 0.25) is 0 Å². The number of hydrogen-bond acceptors (Lipinski definition) is 2. The minimum absolute atomic E-state index is 0.109. The Bertz CT molecular complexity index is 585. The summed E-state index contributed by atoms with van der Waals surface area (Å²) in [4.78, 5) is 11.7. The Morgan fingerprint density at radius 1 is 1.21 bits per heavy atom. The summed E-state index contributed by atoms with van der Waals surface area (Å²) in [7, 11) is 0. The topological polar surface area (TPSA) is 42.2 Å². The number of furan rings is 1. The van der Waals surface area contributed by atoms with Gasteiger partial charge >= 0.3 is 6.18 Å². The number of aryl methyl sites for hydroxylation is 1. The Labute approximate surface area is 107 Å². The van der Waals surface area contributed by atoms with E-state index in [1.54, 1.807) is 13.0 Å². The Hall–Kier alpha value is -2.24. The normalized spacial score (nSPS) is 11.4. The summed E-state index contributed by atoms with van der Waals surface area (Å²) in [6.07, 6.45) is -2.97. The van der Waals surface area contributed by atoms with E-state index >= 15 is 0 Å². The van der Waals surface area contributed by atoms with Crippen molar-refractivity contribution in [3.8, 4) is 0 Å². The zero-order valence-corrected chi connectivity index (χ0v) is 9.91. The average Bonchev–Trinajstić information content (AvgIpc) is 2.75. The maximum absolute atomic E-state index is 12.3. The molecule has 2 rings (SSSR count). The fourth-order valence-corrected chi connectivity index (χ4v) is 1.49. The lowest BCUT2D eigenvalue weighted by Gasteiger charge is -2.08. The molecule has 0 fully saturated rings. The number of rotatable bonds is 2. The summed E-state index contributed by atoms with van der Waals surface area (Å²) in [5.74, 6) is -0.398. The van der Waals surface area contributed by atoms with E-state index in [0.717, 1.165) is 17.7 Å². The van der Waals surface area contributed by atoms with Crippen molar-refractivity contribution in [3.05, 3.63) is 53.5 Å². The Kier molecular flexibility index (Phi) is 3.33. The van der Waals surface area contributed by atoms with E-state index in [-0.39, 0.29) is 11.4 Å². The molecule has 3 nitrogen and oxygen atoms in total. The first-order chi connectivity index (χ1) is 8.86. The number of amides is 1. The predicted molar refractivity (Wildman–Crippen MR) is 62.8 cm³/mol. The SMILES string of the molecule is Cc1coc(C(=O)Nc2ccc(C(F)(F)F)cc2)c1. The van der Waals surface area contributed by atoms with E-state index in [1.807, 2.05) is 0 Å². The molecule has 6 heteroatoms. The highest BCUT2D eigenvalue weighted by Crippen LogP contribution is 2.29. The Morgan fingerprint density at radius 2 is 1.84 bits per heavy atom. The van der Waals surface area contributed by atoms with E-state index in [0.29, 0.717) is 0 Å². The van der Waals surface area contributed by atoms with Gasteiger partial charge < -0.3 is 9.73 Å². The van der Waals surface area contributed by atoms with Crippen molar-refractivity contribution in [3.63, 3.8) is 0 Å². The van der Waals surface area contributed by atoms with Gasteiger partial charge in [0.2, 0.25) is 0 Å². The van der Waals surface area contributed by atoms with Crippen LogP contribution in [-0.4, -0.2) is 5.91 Å². The molecule has 0 aliphatic carbocycles. The highest BCUT2D eigenvalue weighted by molar-refractivity contribution is 6.02. The van der Waals surface area contributed by atoms with Gasteiger partial charge in [-0.15, -0.1) is 0 Å². The number of halogens is 3. The maximum Gasteiger partial charge on any atom is 0.416 e. The molecule has 0 aliphatic heterocycles. The zero-order chi connectivity index (χ0) is 14.0. The number of carbonyl (C=O) groups is 1. The van der Waals surface area contributed by atoms with E-state index in [9.17, 15) is 18.0 Å². The van der Waals surface area contributed by atoms with Crippen LogP contribution in [-0.2, 0) is 6.18 Å². The van der Waals surface area contributed by atoms with Gasteiger partial charge in [-0.05, 0) is 42.8 Å². The lowest BCUT2D eigenvalue weighted by Crippen LogP contribution is -2.11. The molecule has 100 valence electrons. The third-order valence-electron chi connectivity index (χ3n) is 2.42. The quantitative estimate of drug-likeness (QED) is 0.899. The molecule has 0 radical (unpaired) electrons. The van der Waals surface area contributed by atoms with Crippen LogP contribution in [0.3, 0.4) is 0 Å². The molecular formula is C13H10F3NO2. The smallest absolute Gasteiger partial charge is 0.416 e. The third kappa shape index (κ3) is 3.15. The summed E-state index contributed by atoms with van der Waals surface area (Å²) in [6, 6.07) is 5.73. The van der Waals surface area contributed by atoms with Gasteiger partial charge in [-0.2, -0.15) is 13.2 Å². The summed E-state index contributed by atoms with van der Waals surface area (Å²) in [6.45, 7) is 1.76. The molecule has 19 heavy (non-hydrogen) atoms. The average molecular weight is 269 g/mol. The monoisotopic (exact) mass is 269 g/mol. The van der Waals surface area contributed by atoms with Gasteiger partial charge in [0.1, 0.15) is 0 Å². The summed E-state index contributed by atoms with van der Waals surface area (Å²) in [5, 5.41) is 2.45. The van der Waals surface area contributed by atoms with Gasteiger partial charge in [0.15, 0.2) is 5.76 Å². The van der Waals surface area contributed by atoms with Gasteiger partial charge in [0.25, 0.3) is 5.91 Å². The molecule has 0 bridgehead atoms. The van der Waals surface area contributed by atoms with Crippen molar-refractivity contribution in [2.75, 3.05) is 5.32 Å². The van der Waals surface area contributed by atoms with E-state index < -0.39 is 17.6 Å². The molecule has 1 amide bonds. The van der Waals surface area contributed by atoms with Gasteiger partial charge in [-0.1, -0.05) is 0 Å². The summed E-state index contributed by atoms with van der Waals surface area (Å²) < 4.78 is 42.0. The van der Waals surface area contributed by atoms with Crippen molar-refractivity contribution >= 4 is 11.6 Å². The first-order valence-electron chi connectivity index (χ1n) is 5.40. The van der Waals surface area contributed by atoms with Crippen molar-refractivity contribution in [2.45, 2.75) is 13.1 Å². The summed E-state index contributed by atoms with van der Waals surface area (Å²) in [5.41, 5.74) is 0.295. The second-order valence-electron chi connectivity index (χ2n) is 4.02. The van der Waals surface area contributed by atoms with Crippen LogP contribution in [0.1, 0.15) is 21.7 Å². The highest BCUT2D eigenvalue weighted by Gasteiger charge is 2.30. The van der Waals surface area contributed by atoms with Crippen molar-refractivity contribution < 1.29 is 22.4 Å². The maximum atomic E-state index is 12.3. The minimum atomic E-state index is -4.39. The molecule has 1 heterocycles. The number of anilines is 1. The van der Waals surface area contributed by atoms with Crippen LogP contribution < -0.4 is 5.32 Å². The van der Waals surface area contributed by atoms with Crippen molar-refractivity contribution in [1.82, 2.24) is 0 Å². The van der Waals surface area contributed by atoms with E-state index in [1.165, 1.54) is 18.4 Å². The van der Waals surface area contributed by atoms with Gasteiger partial charge in [0, 0.05) is 5.69 Å². The molecule has 0 spiro atoms. The second-order valence-corrected chi connectivity index (χ2v) is 4.02. The van der Waals surface area contributed by atoms with Gasteiger partial charge in [-0.25, -0.2) is 0 Å². The predicted octanol–water partition coefficient (Wildman–Crippen LogP) is 3.86. The van der Waals surface area contributed by atoms with Crippen LogP contribution in [0, 0.1) is 6.92 Å². The summed E-state index contributed by atoms with van der Waals surface area (Å²) >= 11 is 0. The molecule has 0 aliphatic rings. The molecule has 1 aromatic heterocycles. The first kappa shape index (κ1) is 13.2. The van der Waals surface area contributed by atoms with Crippen LogP contribution >= 0.6 is 0 Å². The molecule has 0 saturated carbocycles. The molecule has 2 aromatic rings. The number of nitrogens with one attached hydrogen (secondary N) is 1. The minimum Gasteiger partial charge on any atom is -0.459 e. The molecule has 1 aromatic carbocycles. The number of carbonyl (C=O) groups excluding carboxylic acids is 1. The molecular weight excluding hydrogens is 259 g/mol. The fraction of sp³-hybridized carbons (Fsp3) is 0.154. The molecule has 1 N–H and O–H groups in total. The van der Waals surface area contributed by atoms with Crippen LogP contribution in [0.4, 0.5) is 18.9 Å². The number of hydrogen-bond donors (Lipinski definition) is 1. The van der Waals surface area contributed by atoms with Crippen LogP contribution in [0.25, 0.3) is 0 Å². The standard InChI is InChI=1S/C13H10F3NO2/c1-8-6-11(19-7-8)12(18)17-10-4-2-9(3-5-10)13(14,15)16/h2-7H,1H3,(H,17,18). The second kappa shape index (κ2) is 4.79. The Balaban J connectivity index is 2.10. The first-order valence-corrected chi connectivity index (χ1v) is 5.40. The highest BCUT2D eigenvalue weighted by atomic mass is 19.4. The van der Waals surface area contributed by atoms with Gasteiger partial charge in [0.05, 0.1) is 11.8 Å². The number of alkyl halides is 3. The third-order valence-corrected chi connectivity index (χ3v) is 2.42. The fourth-order valence-electron chi connectivity index (χ4n) is 1.49. The molecule has 0 saturated heterocycles. The Morgan fingerprint density at radius 3 is 2.32 bits per heavy atom. The van der Waals surface area contributed by atoms with Crippen molar-refractivity contribution in [2.24, 2.45) is 0 Å².